The summed E-state index contributed by atoms with van der Waals surface area (Å²) in [6, 6.07) is 14.8. The molecule has 2 heterocycles. The van der Waals surface area contributed by atoms with Gasteiger partial charge in [-0.25, -0.2) is 4.98 Å². The summed E-state index contributed by atoms with van der Waals surface area (Å²) in [5, 5.41) is 1.44. The molecule has 0 saturated carbocycles. The molecule has 6 nitrogen and oxygen atoms in total. The molecule has 0 aliphatic carbocycles. The number of esters is 1. The molecule has 6 heteroatoms. The fourth-order valence-corrected chi connectivity index (χ4v) is 3.15. The van der Waals surface area contributed by atoms with Crippen LogP contribution in [0.5, 0.6) is 0 Å². The Morgan fingerprint density at radius 2 is 1.77 bits per heavy atom. The number of hydrogen-bond donors (Lipinski definition) is 2. The van der Waals surface area contributed by atoms with Crippen LogP contribution in [-0.2, 0) is 16.0 Å². The fraction of sp³-hybridized carbons (Fsp3) is 0.150. The van der Waals surface area contributed by atoms with Gasteiger partial charge < -0.3 is 14.7 Å². The van der Waals surface area contributed by atoms with Crippen molar-refractivity contribution >= 4 is 27.8 Å². The molecule has 2 N–H and O–H groups in total. The zero-order chi connectivity index (χ0) is 18.1. The van der Waals surface area contributed by atoms with E-state index < -0.39 is 0 Å². The third-order valence-electron chi connectivity index (χ3n) is 4.29. The van der Waals surface area contributed by atoms with Crippen LogP contribution in [0.2, 0.25) is 0 Å². The number of nitrogens with one attached hydrogen (secondary N) is 2. The minimum atomic E-state index is -0.318. The number of hydrogen-bond acceptors (Lipinski definition) is 4. The van der Waals surface area contributed by atoms with Crippen molar-refractivity contribution in [2.24, 2.45) is 0 Å². The Bertz CT molecular complexity index is 1170. The highest BCUT2D eigenvalue weighted by Crippen LogP contribution is 2.29. The molecule has 4 aromatic rings. The Morgan fingerprint density at radius 1 is 1.04 bits per heavy atom. The van der Waals surface area contributed by atoms with E-state index in [0.717, 1.165) is 16.5 Å². The van der Waals surface area contributed by atoms with E-state index in [2.05, 4.69) is 15.0 Å². The minimum absolute atomic E-state index is 0.101. The Kier molecular flexibility index (Phi) is 4.01. The quantitative estimate of drug-likeness (QED) is 0.555. The van der Waals surface area contributed by atoms with Crippen LogP contribution in [0, 0.1) is 0 Å². The monoisotopic (exact) mass is 347 g/mol. The summed E-state index contributed by atoms with van der Waals surface area (Å²) >= 11 is 0. The molecule has 0 aliphatic rings. The highest BCUT2D eigenvalue weighted by molar-refractivity contribution is 5.93. The van der Waals surface area contributed by atoms with Crippen LogP contribution >= 0.6 is 0 Å². The van der Waals surface area contributed by atoms with Gasteiger partial charge in [-0.1, -0.05) is 30.3 Å². The zero-order valence-electron chi connectivity index (χ0n) is 14.2. The standard InChI is InChI=1S/C20H17N3O3/c1-2-26-17(24)11-14-12-7-3-5-9-15(12)21-18(14)19-22-16-10-6-4-8-13(16)20(25)23-19/h3-10,21H,2,11H2,1H3,(H,22,23,25). The van der Waals surface area contributed by atoms with Gasteiger partial charge in [0.25, 0.3) is 5.56 Å². The smallest absolute Gasteiger partial charge is 0.310 e. The maximum Gasteiger partial charge on any atom is 0.310 e. The molecule has 4 rings (SSSR count). The lowest BCUT2D eigenvalue weighted by Crippen LogP contribution is -2.12. The van der Waals surface area contributed by atoms with E-state index in [1.165, 1.54) is 0 Å². The highest BCUT2D eigenvalue weighted by Gasteiger charge is 2.19. The van der Waals surface area contributed by atoms with Gasteiger partial charge in [0.15, 0.2) is 5.82 Å². The summed E-state index contributed by atoms with van der Waals surface area (Å²) in [4.78, 5) is 35.2. The maximum absolute atomic E-state index is 12.4. The van der Waals surface area contributed by atoms with Crippen LogP contribution in [0.4, 0.5) is 0 Å². The van der Waals surface area contributed by atoms with Crippen molar-refractivity contribution < 1.29 is 9.53 Å². The van der Waals surface area contributed by atoms with Gasteiger partial charge in [-0.05, 0) is 30.7 Å². The lowest BCUT2D eigenvalue weighted by Gasteiger charge is -2.06. The lowest BCUT2D eigenvalue weighted by molar-refractivity contribution is -0.142. The predicted octanol–water partition coefficient (Wildman–Crippen LogP) is 3.18. The normalized spacial score (nSPS) is 11.1. The molecule has 0 saturated heterocycles. The summed E-state index contributed by atoms with van der Waals surface area (Å²) in [6.45, 7) is 2.10. The van der Waals surface area contributed by atoms with Gasteiger partial charge in [-0.2, -0.15) is 0 Å². The first-order valence-electron chi connectivity index (χ1n) is 8.42. The number of aromatic nitrogens is 3. The molecule has 2 aromatic heterocycles. The second-order valence-electron chi connectivity index (χ2n) is 5.94. The summed E-state index contributed by atoms with van der Waals surface area (Å²) in [5.74, 6) is 0.0887. The first-order valence-corrected chi connectivity index (χ1v) is 8.42. The highest BCUT2D eigenvalue weighted by atomic mass is 16.5. The second-order valence-corrected chi connectivity index (χ2v) is 5.94. The van der Waals surface area contributed by atoms with E-state index in [1.807, 2.05) is 30.3 Å². The van der Waals surface area contributed by atoms with Gasteiger partial charge in [-0.3, -0.25) is 9.59 Å². The topological polar surface area (TPSA) is 87.8 Å². The number of ether oxygens (including phenoxy) is 1. The summed E-state index contributed by atoms with van der Waals surface area (Å²) in [7, 11) is 0. The van der Waals surface area contributed by atoms with Gasteiger partial charge in [0.05, 0.1) is 29.6 Å². The molecule has 26 heavy (non-hydrogen) atoms. The van der Waals surface area contributed by atoms with Gasteiger partial charge in [0, 0.05) is 10.9 Å². The van der Waals surface area contributed by atoms with E-state index in [4.69, 9.17) is 4.74 Å². The number of rotatable bonds is 4. The second kappa shape index (κ2) is 6.48. The van der Waals surface area contributed by atoms with Crippen LogP contribution in [0.15, 0.2) is 53.3 Å². The van der Waals surface area contributed by atoms with Crippen molar-refractivity contribution in [2.45, 2.75) is 13.3 Å². The van der Waals surface area contributed by atoms with E-state index in [0.29, 0.717) is 29.0 Å². The van der Waals surface area contributed by atoms with E-state index in [9.17, 15) is 9.59 Å². The average molecular weight is 347 g/mol. The Morgan fingerprint density at radius 3 is 2.58 bits per heavy atom. The predicted molar refractivity (Wildman–Crippen MR) is 100.0 cm³/mol. The molecule has 0 spiro atoms. The van der Waals surface area contributed by atoms with Gasteiger partial charge in [0.2, 0.25) is 0 Å². The molecule has 0 fully saturated rings. The van der Waals surface area contributed by atoms with Crippen molar-refractivity contribution in [1.82, 2.24) is 15.0 Å². The van der Waals surface area contributed by atoms with Crippen molar-refractivity contribution in [2.75, 3.05) is 6.61 Å². The van der Waals surface area contributed by atoms with E-state index >= 15 is 0 Å². The third-order valence-corrected chi connectivity index (χ3v) is 4.29. The Labute approximate surface area is 148 Å². The van der Waals surface area contributed by atoms with Crippen LogP contribution in [0.1, 0.15) is 12.5 Å². The minimum Gasteiger partial charge on any atom is -0.466 e. The summed E-state index contributed by atoms with van der Waals surface area (Å²) in [5.41, 5.74) is 2.65. The number of para-hydroxylation sites is 2. The molecule has 2 aromatic carbocycles. The molecule has 0 amide bonds. The number of aromatic amines is 2. The zero-order valence-corrected chi connectivity index (χ0v) is 14.2. The van der Waals surface area contributed by atoms with Crippen LogP contribution in [-0.4, -0.2) is 27.5 Å². The molecule has 0 bridgehead atoms. The summed E-state index contributed by atoms with van der Waals surface area (Å²) in [6.07, 6.45) is 0.101. The first-order chi connectivity index (χ1) is 12.7. The van der Waals surface area contributed by atoms with Gasteiger partial charge in [0.1, 0.15) is 0 Å². The third kappa shape index (κ3) is 2.75. The van der Waals surface area contributed by atoms with Gasteiger partial charge >= 0.3 is 5.97 Å². The van der Waals surface area contributed by atoms with Crippen LogP contribution in [0.3, 0.4) is 0 Å². The number of H-pyrrole nitrogens is 2. The van der Waals surface area contributed by atoms with Gasteiger partial charge in [-0.15, -0.1) is 0 Å². The number of carbonyl (C=O) groups is 1. The summed E-state index contributed by atoms with van der Waals surface area (Å²) < 4.78 is 5.10. The van der Waals surface area contributed by atoms with E-state index in [1.54, 1.807) is 25.1 Å². The lowest BCUT2D eigenvalue weighted by atomic mass is 10.1. The van der Waals surface area contributed by atoms with Crippen molar-refractivity contribution in [3.63, 3.8) is 0 Å². The maximum atomic E-state index is 12.4. The molecular formula is C20H17N3O3. The molecule has 130 valence electrons. The first kappa shape index (κ1) is 16.1. The molecular weight excluding hydrogens is 330 g/mol. The molecule has 0 radical (unpaired) electrons. The van der Waals surface area contributed by atoms with Crippen LogP contribution < -0.4 is 5.56 Å². The molecule has 0 unspecified atom stereocenters. The average Bonchev–Trinajstić information content (AvgIpc) is 3.00. The van der Waals surface area contributed by atoms with Crippen molar-refractivity contribution in [3.8, 4) is 11.5 Å². The number of carbonyl (C=O) groups excluding carboxylic acids is 1. The molecule has 0 atom stereocenters. The van der Waals surface area contributed by atoms with Crippen LogP contribution in [0.25, 0.3) is 33.3 Å². The molecule has 0 aliphatic heterocycles. The SMILES string of the molecule is CCOC(=O)Cc1c(-c2nc3ccccc3c(=O)[nH]2)[nH]c2ccccc12. The fourth-order valence-electron chi connectivity index (χ4n) is 3.15. The Hall–Kier alpha value is -3.41. The largest absolute Gasteiger partial charge is 0.466 e. The number of nitrogens with zero attached hydrogens (tertiary/aromatic N) is 1. The Balaban J connectivity index is 1.93. The van der Waals surface area contributed by atoms with Crippen molar-refractivity contribution in [1.29, 1.82) is 0 Å². The van der Waals surface area contributed by atoms with Crippen molar-refractivity contribution in [3.05, 3.63) is 64.4 Å². The van der Waals surface area contributed by atoms with E-state index in [-0.39, 0.29) is 17.9 Å². The number of benzene rings is 2. The number of fused-ring (bicyclic) bond motifs is 2.